The molecule has 1 aromatic carbocycles. The van der Waals surface area contributed by atoms with Crippen molar-refractivity contribution < 1.29 is 9.72 Å². The highest BCUT2D eigenvalue weighted by molar-refractivity contribution is 5.96. The highest BCUT2D eigenvalue weighted by Crippen LogP contribution is 2.23. The summed E-state index contributed by atoms with van der Waals surface area (Å²) in [5.41, 5.74) is 0.881. The fourth-order valence-corrected chi connectivity index (χ4v) is 2.80. The first-order valence-corrected chi connectivity index (χ1v) is 7.32. The molecule has 0 aromatic heterocycles. The Morgan fingerprint density at radius 1 is 1.52 bits per heavy atom. The van der Waals surface area contributed by atoms with Crippen LogP contribution in [0.1, 0.15) is 35.7 Å². The lowest BCUT2D eigenvalue weighted by Crippen LogP contribution is -2.42. The lowest BCUT2D eigenvalue weighted by molar-refractivity contribution is -0.385. The zero-order valence-electron chi connectivity index (χ0n) is 12.5. The van der Waals surface area contributed by atoms with Gasteiger partial charge < -0.3 is 10.2 Å². The second-order valence-corrected chi connectivity index (χ2v) is 5.35. The van der Waals surface area contributed by atoms with Gasteiger partial charge in [0.25, 0.3) is 11.6 Å². The lowest BCUT2D eigenvalue weighted by atomic mass is 10.0. The molecule has 0 bridgehead atoms. The maximum atomic E-state index is 12.8. The minimum atomic E-state index is -0.437. The number of carbonyl (C=O) groups is 1. The molecule has 6 nitrogen and oxygen atoms in total. The van der Waals surface area contributed by atoms with Crippen LogP contribution in [-0.4, -0.2) is 41.4 Å². The smallest absolute Gasteiger partial charge is 0.273 e. The summed E-state index contributed by atoms with van der Waals surface area (Å²) in [6.07, 6.45) is 1.80. The van der Waals surface area contributed by atoms with Gasteiger partial charge in [-0.3, -0.25) is 14.9 Å². The average molecular weight is 291 g/mol. The van der Waals surface area contributed by atoms with E-state index in [1.54, 1.807) is 19.1 Å². The van der Waals surface area contributed by atoms with Gasteiger partial charge in [-0.1, -0.05) is 13.0 Å². The Balaban J connectivity index is 2.32. The number of nitrogens with zero attached hydrogens (tertiary/aromatic N) is 2. The van der Waals surface area contributed by atoms with Crippen LogP contribution in [0.3, 0.4) is 0 Å². The van der Waals surface area contributed by atoms with Crippen LogP contribution in [0.5, 0.6) is 0 Å². The summed E-state index contributed by atoms with van der Waals surface area (Å²) in [4.78, 5) is 25.2. The van der Waals surface area contributed by atoms with Gasteiger partial charge in [-0.2, -0.15) is 0 Å². The second kappa shape index (κ2) is 6.67. The van der Waals surface area contributed by atoms with Gasteiger partial charge in [0, 0.05) is 36.3 Å². The molecule has 1 heterocycles. The highest BCUT2D eigenvalue weighted by Gasteiger charge is 2.28. The number of rotatable bonds is 5. The lowest BCUT2D eigenvalue weighted by Gasteiger charge is -2.28. The van der Waals surface area contributed by atoms with Gasteiger partial charge in [-0.15, -0.1) is 0 Å². The predicted octanol–water partition coefficient (Wildman–Crippen LogP) is 2.12. The Kier molecular flexibility index (Phi) is 4.90. The van der Waals surface area contributed by atoms with Gasteiger partial charge in [0.05, 0.1) is 4.92 Å². The number of nitro groups is 1. The standard InChI is InChI=1S/C15H21N3O3/c1-3-9-17(12-7-8-16-10-12)15(19)13-5-4-6-14(11(13)2)18(20)21/h4-6,12,16H,3,7-10H2,1-2H3. The van der Waals surface area contributed by atoms with Gasteiger partial charge >= 0.3 is 0 Å². The molecule has 0 spiro atoms. The van der Waals surface area contributed by atoms with Gasteiger partial charge in [0.15, 0.2) is 0 Å². The number of carbonyl (C=O) groups excluding carboxylic acids is 1. The van der Waals surface area contributed by atoms with Crippen molar-refractivity contribution in [3.05, 3.63) is 39.4 Å². The molecule has 2 rings (SSSR count). The first-order valence-electron chi connectivity index (χ1n) is 7.32. The average Bonchev–Trinajstić information content (AvgIpc) is 2.98. The molecule has 114 valence electrons. The van der Waals surface area contributed by atoms with Crippen molar-refractivity contribution in [1.82, 2.24) is 10.2 Å². The van der Waals surface area contributed by atoms with Crippen molar-refractivity contribution in [1.29, 1.82) is 0 Å². The summed E-state index contributed by atoms with van der Waals surface area (Å²) in [7, 11) is 0. The molecule has 1 N–H and O–H groups in total. The molecule has 1 saturated heterocycles. The van der Waals surface area contributed by atoms with Gasteiger partial charge in [0.1, 0.15) is 0 Å². The Hall–Kier alpha value is -1.95. The first kappa shape index (κ1) is 15.4. The van der Waals surface area contributed by atoms with E-state index in [1.165, 1.54) is 6.07 Å². The molecule has 0 saturated carbocycles. The third-order valence-corrected chi connectivity index (χ3v) is 3.93. The summed E-state index contributed by atoms with van der Waals surface area (Å²) < 4.78 is 0. The van der Waals surface area contributed by atoms with Gasteiger partial charge in [0.2, 0.25) is 0 Å². The second-order valence-electron chi connectivity index (χ2n) is 5.35. The monoisotopic (exact) mass is 291 g/mol. The number of hydrogen-bond acceptors (Lipinski definition) is 4. The van der Waals surface area contributed by atoms with Crippen LogP contribution in [0, 0.1) is 17.0 Å². The summed E-state index contributed by atoms with van der Waals surface area (Å²) in [5, 5.41) is 14.3. The van der Waals surface area contributed by atoms with E-state index in [4.69, 9.17) is 0 Å². The molecular weight excluding hydrogens is 270 g/mol. The van der Waals surface area contributed by atoms with Crippen molar-refractivity contribution in [2.75, 3.05) is 19.6 Å². The number of nitrogens with one attached hydrogen (secondary N) is 1. The van der Waals surface area contributed by atoms with Crippen molar-refractivity contribution in [2.24, 2.45) is 0 Å². The van der Waals surface area contributed by atoms with Crippen LogP contribution < -0.4 is 5.32 Å². The Labute approximate surface area is 124 Å². The van der Waals surface area contributed by atoms with Crippen molar-refractivity contribution >= 4 is 11.6 Å². The number of benzene rings is 1. The van der Waals surface area contributed by atoms with Crippen LogP contribution in [0.25, 0.3) is 0 Å². The van der Waals surface area contributed by atoms with E-state index in [9.17, 15) is 14.9 Å². The number of amides is 1. The molecule has 1 aliphatic heterocycles. The van der Waals surface area contributed by atoms with E-state index in [0.29, 0.717) is 17.7 Å². The van der Waals surface area contributed by atoms with Crippen molar-refractivity contribution in [2.45, 2.75) is 32.7 Å². The third-order valence-electron chi connectivity index (χ3n) is 3.93. The molecule has 6 heteroatoms. The van der Waals surface area contributed by atoms with E-state index >= 15 is 0 Å². The molecule has 0 radical (unpaired) electrons. The third kappa shape index (κ3) is 3.21. The summed E-state index contributed by atoms with van der Waals surface area (Å²) in [6.45, 7) is 6.05. The molecular formula is C15H21N3O3. The molecule has 1 fully saturated rings. The Bertz CT molecular complexity index is 539. The molecule has 0 aliphatic carbocycles. The SMILES string of the molecule is CCCN(C(=O)c1cccc([N+](=O)[O-])c1C)C1CCNC1. The predicted molar refractivity (Wildman–Crippen MR) is 80.4 cm³/mol. The molecule has 1 unspecified atom stereocenters. The number of hydrogen-bond donors (Lipinski definition) is 1. The topological polar surface area (TPSA) is 75.5 Å². The minimum absolute atomic E-state index is 0.00171. The molecule has 1 aromatic rings. The van der Waals surface area contributed by atoms with E-state index < -0.39 is 4.92 Å². The van der Waals surface area contributed by atoms with Gasteiger partial charge in [-0.25, -0.2) is 0 Å². The van der Waals surface area contributed by atoms with E-state index in [1.807, 2.05) is 11.8 Å². The van der Waals surface area contributed by atoms with Crippen LogP contribution >= 0.6 is 0 Å². The summed E-state index contributed by atoms with van der Waals surface area (Å²) >= 11 is 0. The van der Waals surface area contributed by atoms with Crippen LogP contribution in [0.4, 0.5) is 5.69 Å². The maximum absolute atomic E-state index is 12.8. The van der Waals surface area contributed by atoms with Crippen LogP contribution in [0.15, 0.2) is 18.2 Å². The number of nitro benzene ring substituents is 1. The zero-order valence-corrected chi connectivity index (χ0v) is 12.5. The Morgan fingerprint density at radius 2 is 2.29 bits per heavy atom. The highest BCUT2D eigenvalue weighted by atomic mass is 16.6. The molecule has 21 heavy (non-hydrogen) atoms. The zero-order chi connectivity index (χ0) is 15.4. The minimum Gasteiger partial charge on any atom is -0.334 e. The normalized spacial score (nSPS) is 17.7. The molecule has 1 aliphatic rings. The largest absolute Gasteiger partial charge is 0.334 e. The first-order chi connectivity index (χ1) is 10.1. The van der Waals surface area contributed by atoms with Crippen molar-refractivity contribution in [3.63, 3.8) is 0 Å². The van der Waals surface area contributed by atoms with Gasteiger partial charge in [-0.05, 0) is 32.4 Å². The maximum Gasteiger partial charge on any atom is 0.273 e. The molecule has 1 atom stereocenters. The van der Waals surface area contributed by atoms with Crippen LogP contribution in [-0.2, 0) is 0 Å². The fourth-order valence-electron chi connectivity index (χ4n) is 2.80. The van der Waals surface area contributed by atoms with E-state index in [0.717, 1.165) is 25.9 Å². The van der Waals surface area contributed by atoms with Crippen LogP contribution in [0.2, 0.25) is 0 Å². The van der Waals surface area contributed by atoms with E-state index in [-0.39, 0.29) is 17.6 Å². The Morgan fingerprint density at radius 3 is 2.86 bits per heavy atom. The van der Waals surface area contributed by atoms with Crippen molar-refractivity contribution in [3.8, 4) is 0 Å². The molecule has 1 amide bonds. The fraction of sp³-hybridized carbons (Fsp3) is 0.533. The summed E-state index contributed by atoms with van der Waals surface area (Å²) in [5.74, 6) is -0.105. The summed E-state index contributed by atoms with van der Waals surface area (Å²) in [6, 6.07) is 4.87. The van der Waals surface area contributed by atoms with E-state index in [2.05, 4.69) is 5.32 Å². The quantitative estimate of drug-likeness (QED) is 0.666.